The first kappa shape index (κ1) is 21.3. The van der Waals surface area contributed by atoms with Crippen molar-refractivity contribution in [2.45, 2.75) is 31.7 Å². The number of hydrogen-bond acceptors (Lipinski definition) is 4. The first-order valence-electron chi connectivity index (χ1n) is 7.10. The largest absolute Gasteiger partial charge is 0.416 e. The molecule has 26 heavy (non-hydrogen) atoms. The molecule has 6 N–H and O–H groups in total. The minimum Gasteiger partial charge on any atom is -0.385 e. The van der Waals surface area contributed by atoms with E-state index >= 15 is 0 Å². The van der Waals surface area contributed by atoms with Crippen molar-refractivity contribution in [2.24, 2.45) is 11.5 Å². The van der Waals surface area contributed by atoms with E-state index in [0.29, 0.717) is 5.56 Å². The number of alkyl halides is 6. The van der Waals surface area contributed by atoms with Gasteiger partial charge in [0.15, 0.2) is 0 Å². The van der Waals surface area contributed by atoms with Crippen molar-refractivity contribution >= 4 is 11.6 Å². The Bertz CT molecular complexity index is 706. The highest BCUT2D eigenvalue weighted by molar-refractivity contribution is 6.20. The Labute approximate surface area is 144 Å². The van der Waals surface area contributed by atoms with Gasteiger partial charge in [-0.25, -0.2) is 0 Å². The number of amides is 1. The second-order valence-corrected chi connectivity index (χ2v) is 5.41. The Morgan fingerprint density at radius 3 is 2.00 bits per heavy atom. The topological polar surface area (TPSA) is 105 Å². The summed E-state index contributed by atoms with van der Waals surface area (Å²) in [4.78, 5) is 11.4. The molecule has 0 aliphatic carbocycles. The van der Waals surface area contributed by atoms with E-state index in [2.05, 4.69) is 5.32 Å². The number of nitrogens with one attached hydrogen (secondary N) is 2. The molecule has 5 nitrogen and oxygen atoms in total. The molecule has 1 aromatic carbocycles. The van der Waals surface area contributed by atoms with Gasteiger partial charge in [-0.2, -0.15) is 26.3 Å². The zero-order chi connectivity index (χ0) is 20.3. The number of primary amides is 1. The summed E-state index contributed by atoms with van der Waals surface area (Å²) in [6.07, 6.45) is -11.0. The summed E-state index contributed by atoms with van der Waals surface area (Å²) in [5.74, 6) is -1.90. The van der Waals surface area contributed by atoms with Gasteiger partial charge in [0.05, 0.1) is 23.3 Å². The first-order valence-corrected chi connectivity index (χ1v) is 7.10. The fraction of sp³-hybridized carbons (Fsp3) is 0.333. The van der Waals surface area contributed by atoms with Crippen LogP contribution in [0.15, 0.2) is 35.7 Å². The van der Waals surface area contributed by atoms with Gasteiger partial charge in [-0.1, -0.05) is 12.1 Å². The monoisotopic (exact) mass is 382 g/mol. The third kappa shape index (κ3) is 5.97. The van der Waals surface area contributed by atoms with E-state index < -0.39 is 53.4 Å². The molecule has 0 heterocycles. The lowest BCUT2D eigenvalue weighted by Crippen LogP contribution is -2.33. The zero-order valence-electron chi connectivity index (χ0n) is 13.4. The molecule has 1 rings (SSSR count). The van der Waals surface area contributed by atoms with Gasteiger partial charge in [0.25, 0.3) is 5.91 Å². The van der Waals surface area contributed by atoms with E-state index in [1.54, 1.807) is 0 Å². The summed E-state index contributed by atoms with van der Waals surface area (Å²) < 4.78 is 74.8. The molecule has 1 atom stereocenters. The summed E-state index contributed by atoms with van der Waals surface area (Å²) in [6.45, 7) is 1.46. The van der Waals surface area contributed by atoms with E-state index in [1.807, 2.05) is 0 Å². The van der Waals surface area contributed by atoms with E-state index in [1.165, 1.54) is 6.92 Å². The average molecular weight is 382 g/mol. The smallest absolute Gasteiger partial charge is 0.385 e. The summed E-state index contributed by atoms with van der Waals surface area (Å²) in [5.41, 5.74) is 8.05. The van der Waals surface area contributed by atoms with Gasteiger partial charge >= 0.3 is 12.4 Å². The molecule has 0 spiro atoms. The van der Waals surface area contributed by atoms with Crippen molar-refractivity contribution in [1.29, 1.82) is 5.41 Å². The van der Waals surface area contributed by atoms with Crippen LogP contribution in [0.3, 0.4) is 0 Å². The molecule has 0 bridgehead atoms. The van der Waals surface area contributed by atoms with Crippen molar-refractivity contribution < 1.29 is 31.1 Å². The molecule has 0 aliphatic heterocycles. The SMILES string of the molecule is CC(N/C(N)=C(\C(=N)CC(F)(F)F)C(N)=O)c1ccc(C(F)(F)F)cc1. The van der Waals surface area contributed by atoms with Gasteiger partial charge in [0, 0.05) is 6.04 Å². The summed E-state index contributed by atoms with van der Waals surface area (Å²) >= 11 is 0. The van der Waals surface area contributed by atoms with Gasteiger partial charge in [-0.3, -0.25) is 4.79 Å². The van der Waals surface area contributed by atoms with Gasteiger partial charge < -0.3 is 22.2 Å². The average Bonchev–Trinajstić information content (AvgIpc) is 2.43. The molecular formula is C15H16F6N4O. The van der Waals surface area contributed by atoms with Gasteiger partial charge in [-0.05, 0) is 24.6 Å². The van der Waals surface area contributed by atoms with Gasteiger partial charge in [0.2, 0.25) is 0 Å². The molecular weight excluding hydrogens is 366 g/mol. The van der Waals surface area contributed by atoms with Gasteiger partial charge in [0.1, 0.15) is 5.82 Å². The van der Waals surface area contributed by atoms with E-state index in [9.17, 15) is 31.1 Å². The second-order valence-electron chi connectivity index (χ2n) is 5.41. The van der Waals surface area contributed by atoms with Crippen LogP contribution in [0.5, 0.6) is 0 Å². The number of halogens is 6. The van der Waals surface area contributed by atoms with Crippen molar-refractivity contribution in [2.75, 3.05) is 0 Å². The lowest BCUT2D eigenvalue weighted by molar-refractivity contribution is -0.137. The molecule has 0 fully saturated rings. The number of carbonyl (C=O) groups excluding carboxylic acids is 1. The molecule has 0 aliphatic rings. The quantitative estimate of drug-likeness (QED) is 0.345. The minimum absolute atomic E-state index is 0.326. The van der Waals surface area contributed by atoms with Crippen LogP contribution in [0.1, 0.15) is 30.5 Å². The number of hydrogen-bond donors (Lipinski definition) is 4. The zero-order valence-corrected chi connectivity index (χ0v) is 13.4. The lowest BCUT2D eigenvalue weighted by Gasteiger charge is -2.19. The standard InChI is InChI=1S/C15H16F6N4O/c1-7(8-2-4-9(5-3-8)15(19,20)21)25-12(23)11(13(24)26)10(22)6-14(16,17)18/h2-5,7,22,25H,6,23H2,1H3,(H2,24,26)/b12-11+,22-10?. The number of benzene rings is 1. The highest BCUT2D eigenvalue weighted by atomic mass is 19.4. The van der Waals surface area contributed by atoms with Crippen LogP contribution in [0.2, 0.25) is 0 Å². The van der Waals surface area contributed by atoms with Crippen LogP contribution in [-0.2, 0) is 11.0 Å². The van der Waals surface area contributed by atoms with Crippen molar-refractivity contribution in [3.63, 3.8) is 0 Å². The van der Waals surface area contributed by atoms with Crippen LogP contribution < -0.4 is 16.8 Å². The number of carbonyl (C=O) groups is 1. The first-order chi connectivity index (χ1) is 11.7. The van der Waals surface area contributed by atoms with Crippen LogP contribution >= 0.6 is 0 Å². The van der Waals surface area contributed by atoms with Crippen LogP contribution in [-0.4, -0.2) is 17.8 Å². The third-order valence-corrected chi connectivity index (χ3v) is 3.30. The van der Waals surface area contributed by atoms with E-state index in [-0.39, 0.29) is 0 Å². The minimum atomic E-state index is -4.74. The maximum Gasteiger partial charge on any atom is 0.416 e. The molecule has 0 saturated carbocycles. The Kier molecular flexibility index (Phi) is 6.29. The van der Waals surface area contributed by atoms with Crippen LogP contribution in [0.25, 0.3) is 0 Å². The molecule has 1 unspecified atom stereocenters. The molecule has 11 heteroatoms. The molecule has 1 aromatic rings. The number of nitrogens with two attached hydrogens (primary N) is 2. The lowest BCUT2D eigenvalue weighted by atomic mass is 10.0. The second kappa shape index (κ2) is 7.67. The molecule has 144 valence electrons. The van der Waals surface area contributed by atoms with Crippen LogP contribution in [0, 0.1) is 5.41 Å². The van der Waals surface area contributed by atoms with E-state index in [0.717, 1.165) is 24.3 Å². The van der Waals surface area contributed by atoms with Crippen molar-refractivity contribution in [3.8, 4) is 0 Å². The van der Waals surface area contributed by atoms with E-state index in [4.69, 9.17) is 16.9 Å². The number of rotatable bonds is 6. The van der Waals surface area contributed by atoms with Crippen molar-refractivity contribution in [3.05, 3.63) is 46.8 Å². The third-order valence-electron chi connectivity index (χ3n) is 3.30. The highest BCUT2D eigenvalue weighted by Crippen LogP contribution is 2.30. The maximum absolute atomic E-state index is 12.5. The summed E-state index contributed by atoms with van der Waals surface area (Å²) in [6, 6.07) is 3.20. The predicted octanol–water partition coefficient (Wildman–Crippen LogP) is 2.98. The Morgan fingerprint density at radius 2 is 1.62 bits per heavy atom. The highest BCUT2D eigenvalue weighted by Gasteiger charge is 2.33. The summed E-state index contributed by atoms with van der Waals surface area (Å²) in [7, 11) is 0. The molecule has 0 aromatic heterocycles. The fourth-order valence-corrected chi connectivity index (χ4v) is 2.08. The van der Waals surface area contributed by atoms with Crippen molar-refractivity contribution in [1.82, 2.24) is 5.32 Å². The molecule has 0 radical (unpaired) electrons. The Hall–Kier alpha value is -2.72. The van der Waals surface area contributed by atoms with Gasteiger partial charge in [-0.15, -0.1) is 0 Å². The molecule has 0 saturated heterocycles. The maximum atomic E-state index is 12.5. The molecule has 1 amide bonds. The summed E-state index contributed by atoms with van der Waals surface area (Å²) in [5, 5.41) is 9.85. The van der Waals surface area contributed by atoms with Crippen LogP contribution in [0.4, 0.5) is 26.3 Å². The predicted molar refractivity (Wildman–Crippen MR) is 81.8 cm³/mol. The Balaban J connectivity index is 3.03. The normalized spacial score (nSPS) is 14.4. The Morgan fingerprint density at radius 1 is 1.12 bits per heavy atom. The fourth-order valence-electron chi connectivity index (χ4n) is 2.08.